The zero-order chi connectivity index (χ0) is 26.9. The summed E-state index contributed by atoms with van der Waals surface area (Å²) in [7, 11) is 1.97. The van der Waals surface area contributed by atoms with Gasteiger partial charge in [-0.25, -0.2) is 0 Å². The lowest BCUT2D eigenvalue weighted by molar-refractivity contribution is -0.881. The van der Waals surface area contributed by atoms with Crippen LogP contribution in [0.3, 0.4) is 0 Å². The van der Waals surface area contributed by atoms with Crippen LogP contribution in [0, 0.1) is 0 Å². The molecule has 0 bridgehead atoms. The van der Waals surface area contributed by atoms with Crippen LogP contribution in [0.2, 0.25) is 0 Å². The molecule has 216 valence electrons. The first-order valence-corrected chi connectivity index (χ1v) is 15.8. The Hall–Kier alpha value is -0.0500. The van der Waals surface area contributed by atoms with Crippen molar-refractivity contribution in [2.75, 3.05) is 48.0 Å². The molecule has 1 N–H and O–H groups in total. The number of unbranched alkanes of at least 4 members (excludes halogenated alkanes) is 14. The van der Waals surface area contributed by atoms with E-state index in [1.54, 1.807) is 0 Å². The van der Waals surface area contributed by atoms with E-state index in [1.165, 1.54) is 97.0 Å². The van der Waals surface area contributed by atoms with Crippen LogP contribution >= 0.6 is 7.82 Å². The lowest BCUT2D eigenvalue weighted by atomic mass is 10.0. The Morgan fingerprint density at radius 3 is 1.69 bits per heavy atom. The maximum Gasteiger partial charge on any atom is 0.268 e. The molecule has 4 atom stereocenters. The number of nitrogens with zero attached hydrogens (tertiary/aromatic N) is 1. The average Bonchev–Trinajstić information content (AvgIpc) is 2.79. The van der Waals surface area contributed by atoms with Gasteiger partial charge in [-0.05, 0) is 6.42 Å². The summed E-state index contributed by atoms with van der Waals surface area (Å²) in [6.45, 7) is 2.93. The minimum atomic E-state index is -5.04. The molecule has 9 heteroatoms. The van der Waals surface area contributed by atoms with Crippen LogP contribution in [0.15, 0.2) is 0 Å². The lowest BCUT2D eigenvalue weighted by Crippen LogP contribution is -2.61. The van der Waals surface area contributed by atoms with Gasteiger partial charge >= 0.3 is 0 Å². The Kier molecular flexibility index (Phi) is 17.2. The molecule has 0 spiro atoms. The highest BCUT2D eigenvalue weighted by Gasteiger charge is 2.50. The van der Waals surface area contributed by atoms with Gasteiger partial charge in [-0.15, -0.1) is 0 Å². The van der Waals surface area contributed by atoms with E-state index in [4.69, 9.17) is 18.7 Å². The average molecular weight is 538 g/mol. The highest BCUT2D eigenvalue weighted by atomic mass is 31.2. The Morgan fingerprint density at radius 1 is 0.861 bits per heavy atom. The standard InChI is InChI=1S/C27H56NO7P/c1-6-7-8-9-10-11-12-13-14-15-16-17-18-19-20-21-25-22-34-26(23-33-25)27(32-5,24-28(2,3)4)35-36(29,30)31/h25-26H,6-24H2,1-5H3,(H-,29,30,31)/t25-,26+,27?/m1/s1. The molecular weight excluding hydrogens is 481 g/mol. The number of methoxy groups -OCH3 is 1. The number of hydrogen-bond acceptors (Lipinski definition) is 6. The van der Waals surface area contributed by atoms with Crippen LogP contribution < -0.4 is 4.89 Å². The molecule has 1 fully saturated rings. The molecule has 0 saturated carbocycles. The van der Waals surface area contributed by atoms with Gasteiger partial charge in [0.25, 0.3) is 13.6 Å². The molecule has 0 radical (unpaired) electrons. The summed E-state index contributed by atoms with van der Waals surface area (Å²) >= 11 is 0. The molecule has 1 aliphatic rings. The Morgan fingerprint density at radius 2 is 1.33 bits per heavy atom. The summed E-state index contributed by atoms with van der Waals surface area (Å²) in [6, 6.07) is 0. The van der Waals surface area contributed by atoms with Crippen molar-refractivity contribution in [1.82, 2.24) is 0 Å². The highest BCUT2D eigenvalue weighted by Crippen LogP contribution is 2.41. The van der Waals surface area contributed by atoms with Crippen molar-refractivity contribution in [3.8, 4) is 0 Å². The van der Waals surface area contributed by atoms with Crippen LogP contribution in [-0.2, 0) is 23.3 Å². The van der Waals surface area contributed by atoms with Crippen molar-refractivity contribution in [3.63, 3.8) is 0 Å². The van der Waals surface area contributed by atoms with Gasteiger partial charge < -0.3 is 28.5 Å². The third-order valence-corrected chi connectivity index (χ3v) is 7.44. The summed E-state index contributed by atoms with van der Waals surface area (Å²) < 4.78 is 34.3. The molecule has 36 heavy (non-hydrogen) atoms. The van der Waals surface area contributed by atoms with E-state index in [1.807, 2.05) is 21.1 Å². The van der Waals surface area contributed by atoms with Gasteiger partial charge in [0.15, 0.2) is 0 Å². The topological polar surface area (TPSA) is 97.3 Å². The van der Waals surface area contributed by atoms with Gasteiger partial charge in [-0.2, -0.15) is 0 Å². The fraction of sp³-hybridized carbons (Fsp3) is 1.00. The van der Waals surface area contributed by atoms with E-state index >= 15 is 0 Å². The van der Waals surface area contributed by atoms with E-state index in [2.05, 4.69) is 6.92 Å². The third-order valence-electron chi connectivity index (χ3n) is 6.90. The third kappa shape index (κ3) is 16.0. The first-order chi connectivity index (χ1) is 17.0. The smallest absolute Gasteiger partial charge is 0.268 e. The minimum absolute atomic E-state index is 0.0184. The highest BCUT2D eigenvalue weighted by molar-refractivity contribution is 7.44. The van der Waals surface area contributed by atoms with Crippen LogP contribution in [0.4, 0.5) is 0 Å². The van der Waals surface area contributed by atoms with E-state index in [0.29, 0.717) is 11.1 Å². The predicted molar refractivity (Wildman–Crippen MR) is 143 cm³/mol. The van der Waals surface area contributed by atoms with Gasteiger partial charge in [0.1, 0.15) is 12.6 Å². The molecule has 0 aliphatic carbocycles. The number of rotatable bonds is 22. The maximum atomic E-state index is 11.5. The molecule has 1 aliphatic heterocycles. The zero-order valence-electron chi connectivity index (χ0n) is 23.9. The normalized spacial score (nSPS) is 22.3. The quantitative estimate of drug-likeness (QED) is 0.0836. The van der Waals surface area contributed by atoms with Gasteiger partial charge in [-0.1, -0.05) is 103 Å². The molecule has 0 aromatic rings. The second-order valence-corrected chi connectivity index (χ2v) is 12.7. The summed E-state index contributed by atoms with van der Waals surface area (Å²) in [4.78, 5) is 20.9. The number of hydrogen-bond donors (Lipinski definition) is 1. The summed E-state index contributed by atoms with van der Waals surface area (Å²) in [5, 5.41) is 0. The molecule has 2 unspecified atom stereocenters. The van der Waals surface area contributed by atoms with Gasteiger partial charge in [-0.3, -0.25) is 9.09 Å². The zero-order valence-corrected chi connectivity index (χ0v) is 24.8. The van der Waals surface area contributed by atoms with Crippen LogP contribution in [-0.4, -0.2) is 75.4 Å². The summed E-state index contributed by atoms with van der Waals surface area (Å²) in [6.07, 6.45) is 20.2. The van der Waals surface area contributed by atoms with Crippen molar-refractivity contribution in [1.29, 1.82) is 0 Å². The first-order valence-electron chi connectivity index (χ1n) is 14.3. The SMILES string of the molecule is CCCCCCCCCCCCCCCCC[C@@H]1CO[C@H](C(C[N+](C)(C)C)(OC)OP(=O)([O-])O)CO1. The number of phosphoric acid groups is 1. The lowest BCUT2D eigenvalue weighted by Gasteiger charge is -2.45. The molecular formula is C27H56NO7P. The van der Waals surface area contributed by atoms with Crippen molar-refractivity contribution < 1.29 is 37.6 Å². The van der Waals surface area contributed by atoms with Crippen molar-refractivity contribution >= 4 is 7.82 Å². The van der Waals surface area contributed by atoms with Gasteiger partial charge in [0, 0.05) is 7.11 Å². The van der Waals surface area contributed by atoms with Gasteiger partial charge in [0.05, 0.1) is 40.5 Å². The Labute approximate surface area is 221 Å². The van der Waals surface area contributed by atoms with E-state index in [-0.39, 0.29) is 19.3 Å². The second-order valence-electron chi connectivity index (χ2n) is 11.5. The first kappa shape index (κ1) is 34.0. The van der Waals surface area contributed by atoms with E-state index in [0.717, 1.165) is 12.8 Å². The van der Waals surface area contributed by atoms with E-state index in [9.17, 15) is 14.4 Å². The number of phosphoric ester groups is 1. The van der Waals surface area contributed by atoms with Crippen LogP contribution in [0.5, 0.6) is 0 Å². The Bertz CT molecular complexity index is 587. The molecule has 8 nitrogen and oxygen atoms in total. The molecule has 0 amide bonds. The predicted octanol–water partition coefficient (Wildman–Crippen LogP) is 5.56. The number of ether oxygens (including phenoxy) is 3. The molecule has 1 rings (SSSR count). The molecule has 0 aromatic heterocycles. The maximum absolute atomic E-state index is 11.5. The minimum Gasteiger partial charge on any atom is -0.756 e. The molecule has 0 aromatic carbocycles. The summed E-state index contributed by atoms with van der Waals surface area (Å²) in [5.41, 5.74) is 0. The van der Waals surface area contributed by atoms with Crippen molar-refractivity contribution in [3.05, 3.63) is 0 Å². The second kappa shape index (κ2) is 18.3. The fourth-order valence-electron chi connectivity index (χ4n) is 4.99. The monoisotopic (exact) mass is 537 g/mol. The largest absolute Gasteiger partial charge is 0.756 e. The number of likely N-dealkylation sites (N-methyl/N-ethyl adjacent to an activating group) is 1. The van der Waals surface area contributed by atoms with Crippen molar-refractivity contribution in [2.45, 2.75) is 128 Å². The molecule has 1 heterocycles. The van der Waals surface area contributed by atoms with Crippen LogP contribution in [0.1, 0.15) is 110 Å². The van der Waals surface area contributed by atoms with Crippen LogP contribution in [0.25, 0.3) is 0 Å². The van der Waals surface area contributed by atoms with E-state index < -0.39 is 19.7 Å². The Balaban J connectivity index is 2.15. The van der Waals surface area contributed by atoms with Crippen molar-refractivity contribution in [2.24, 2.45) is 0 Å². The summed E-state index contributed by atoms with van der Waals surface area (Å²) in [5.74, 6) is -1.65. The van der Waals surface area contributed by atoms with Gasteiger partial charge in [0.2, 0.25) is 0 Å². The number of quaternary nitrogens is 1. The molecule has 1 saturated heterocycles. The fourth-order valence-corrected chi connectivity index (χ4v) is 5.63.